The van der Waals surface area contributed by atoms with E-state index in [-0.39, 0.29) is 0 Å². The third kappa shape index (κ3) is 3.88. The Kier molecular flexibility index (Phi) is 5.59. The van der Waals surface area contributed by atoms with Gasteiger partial charge in [-0.15, -0.1) is 12.6 Å². The van der Waals surface area contributed by atoms with Crippen LogP contribution in [0.2, 0.25) is 0 Å². The van der Waals surface area contributed by atoms with E-state index in [1.807, 2.05) is 0 Å². The fourth-order valence-electron chi connectivity index (χ4n) is 3.96. The highest BCUT2D eigenvalue weighted by molar-refractivity contribution is 7.80. The molecule has 0 aliphatic heterocycles. The van der Waals surface area contributed by atoms with Gasteiger partial charge < -0.3 is 5.32 Å². The fraction of sp³-hybridized carbons (Fsp3) is 0.231. The van der Waals surface area contributed by atoms with Gasteiger partial charge in [-0.2, -0.15) is 0 Å². The van der Waals surface area contributed by atoms with Gasteiger partial charge in [0.15, 0.2) is 0 Å². The number of rotatable bonds is 4. The maximum Gasteiger partial charge on any atom is 0.0468 e. The van der Waals surface area contributed by atoms with Gasteiger partial charge in [-0.3, -0.25) is 0 Å². The monoisotopic (exact) mass is 385 g/mol. The molecule has 0 spiro atoms. The second-order valence-electron chi connectivity index (χ2n) is 7.77. The van der Waals surface area contributed by atoms with Gasteiger partial charge in [-0.1, -0.05) is 80.6 Å². The molecule has 142 valence electrons. The number of hydrogen-bond donors (Lipinski definition) is 2. The van der Waals surface area contributed by atoms with Crippen molar-refractivity contribution in [2.75, 3.05) is 5.32 Å². The summed E-state index contributed by atoms with van der Waals surface area (Å²) in [5.74, 6) is 1.23. The molecule has 0 heterocycles. The van der Waals surface area contributed by atoms with Gasteiger partial charge in [0.25, 0.3) is 0 Å². The maximum absolute atomic E-state index is 4.83. The Labute approximate surface area is 173 Å². The van der Waals surface area contributed by atoms with Crippen LogP contribution in [0.4, 0.5) is 5.69 Å². The lowest BCUT2D eigenvalue weighted by molar-refractivity contribution is 0.395. The second kappa shape index (κ2) is 8.28. The summed E-state index contributed by atoms with van der Waals surface area (Å²) in [6.45, 7) is 4.68. The number of nitrogens with one attached hydrogen (secondary N) is 1. The predicted octanol–water partition coefficient (Wildman–Crippen LogP) is 7.67. The molecule has 2 heteroatoms. The van der Waals surface area contributed by atoms with Crippen LogP contribution in [0.5, 0.6) is 0 Å². The molecule has 0 saturated heterocycles. The number of anilines is 1. The number of hydrogen-bond acceptors (Lipinski definition) is 2. The SMILES string of the molecule is CC1CCC=C(Nc2cc(-c3ccccc3)c(S)cc2-c2ccccc2)C1C. The quantitative estimate of drug-likeness (QED) is 0.439. The molecule has 4 rings (SSSR count). The summed E-state index contributed by atoms with van der Waals surface area (Å²) >= 11 is 4.83. The summed E-state index contributed by atoms with van der Waals surface area (Å²) in [7, 11) is 0. The molecule has 0 fully saturated rings. The highest BCUT2D eigenvalue weighted by atomic mass is 32.1. The summed E-state index contributed by atoms with van der Waals surface area (Å²) in [5, 5.41) is 3.79. The van der Waals surface area contributed by atoms with E-state index >= 15 is 0 Å². The average molecular weight is 386 g/mol. The third-order valence-electron chi connectivity index (χ3n) is 5.91. The zero-order valence-corrected chi connectivity index (χ0v) is 17.4. The van der Waals surface area contributed by atoms with E-state index in [1.165, 1.54) is 28.8 Å². The molecular formula is C26H27NS. The molecule has 0 radical (unpaired) electrons. The minimum Gasteiger partial charge on any atom is -0.358 e. The molecule has 0 amide bonds. The van der Waals surface area contributed by atoms with Gasteiger partial charge in [0, 0.05) is 21.8 Å². The summed E-state index contributed by atoms with van der Waals surface area (Å²) < 4.78 is 0. The van der Waals surface area contributed by atoms with Crippen LogP contribution in [-0.2, 0) is 0 Å². The zero-order chi connectivity index (χ0) is 19.5. The van der Waals surface area contributed by atoms with Gasteiger partial charge in [0.1, 0.15) is 0 Å². The Hall–Kier alpha value is -2.45. The Bertz CT molecular complexity index is 976. The summed E-state index contributed by atoms with van der Waals surface area (Å²) in [6, 6.07) is 25.5. The molecule has 0 aromatic heterocycles. The van der Waals surface area contributed by atoms with Crippen LogP contribution in [0.3, 0.4) is 0 Å². The molecular weight excluding hydrogens is 358 g/mol. The molecule has 0 saturated carbocycles. The fourth-order valence-corrected chi connectivity index (χ4v) is 4.28. The van der Waals surface area contributed by atoms with Crippen LogP contribution in [0.25, 0.3) is 22.3 Å². The summed E-state index contributed by atoms with van der Waals surface area (Å²) in [6.07, 6.45) is 4.78. The highest BCUT2D eigenvalue weighted by Crippen LogP contribution is 2.39. The first-order chi connectivity index (χ1) is 13.6. The smallest absolute Gasteiger partial charge is 0.0468 e. The van der Waals surface area contributed by atoms with Gasteiger partial charge >= 0.3 is 0 Å². The largest absolute Gasteiger partial charge is 0.358 e. The van der Waals surface area contributed by atoms with Crippen molar-refractivity contribution in [3.63, 3.8) is 0 Å². The predicted molar refractivity (Wildman–Crippen MR) is 124 cm³/mol. The highest BCUT2D eigenvalue weighted by Gasteiger charge is 2.21. The molecule has 0 bridgehead atoms. The van der Waals surface area contributed by atoms with E-state index < -0.39 is 0 Å². The van der Waals surface area contributed by atoms with Crippen LogP contribution in [-0.4, -0.2) is 0 Å². The molecule has 3 aromatic rings. The molecule has 28 heavy (non-hydrogen) atoms. The van der Waals surface area contributed by atoms with Crippen molar-refractivity contribution in [3.8, 4) is 22.3 Å². The molecule has 1 aliphatic rings. The van der Waals surface area contributed by atoms with Crippen molar-refractivity contribution in [2.45, 2.75) is 31.6 Å². The van der Waals surface area contributed by atoms with Gasteiger partial charge in [0.05, 0.1) is 0 Å². The van der Waals surface area contributed by atoms with Crippen LogP contribution in [0, 0.1) is 11.8 Å². The summed E-state index contributed by atoms with van der Waals surface area (Å²) in [4.78, 5) is 0.995. The van der Waals surface area contributed by atoms with Crippen molar-refractivity contribution in [3.05, 3.63) is 84.6 Å². The number of benzene rings is 3. The average Bonchev–Trinajstić information content (AvgIpc) is 2.73. The molecule has 2 unspecified atom stereocenters. The second-order valence-corrected chi connectivity index (χ2v) is 8.26. The van der Waals surface area contributed by atoms with E-state index in [9.17, 15) is 0 Å². The van der Waals surface area contributed by atoms with Crippen molar-refractivity contribution in [2.24, 2.45) is 11.8 Å². The molecule has 1 N–H and O–H groups in total. The molecule has 1 nitrogen and oxygen atoms in total. The van der Waals surface area contributed by atoms with Crippen molar-refractivity contribution >= 4 is 18.3 Å². The van der Waals surface area contributed by atoms with E-state index in [0.717, 1.165) is 22.6 Å². The first kappa shape index (κ1) is 18.9. The third-order valence-corrected chi connectivity index (χ3v) is 6.28. The first-order valence-electron chi connectivity index (χ1n) is 10.1. The maximum atomic E-state index is 4.83. The van der Waals surface area contributed by atoms with Gasteiger partial charge in [-0.05, 0) is 53.5 Å². The lowest BCUT2D eigenvalue weighted by atomic mass is 9.84. The number of thiol groups is 1. The van der Waals surface area contributed by atoms with E-state index in [4.69, 9.17) is 12.6 Å². The minimum absolute atomic E-state index is 0.535. The van der Waals surface area contributed by atoms with Crippen LogP contribution in [0.1, 0.15) is 26.7 Å². The zero-order valence-electron chi connectivity index (χ0n) is 16.5. The minimum atomic E-state index is 0.535. The van der Waals surface area contributed by atoms with Crippen molar-refractivity contribution in [1.82, 2.24) is 0 Å². The van der Waals surface area contributed by atoms with Crippen LogP contribution in [0.15, 0.2) is 89.5 Å². The number of allylic oxidation sites excluding steroid dienone is 2. The van der Waals surface area contributed by atoms with Crippen molar-refractivity contribution < 1.29 is 0 Å². The van der Waals surface area contributed by atoms with E-state index in [0.29, 0.717) is 11.8 Å². The van der Waals surface area contributed by atoms with E-state index in [2.05, 4.69) is 98.0 Å². The molecule has 3 aromatic carbocycles. The van der Waals surface area contributed by atoms with Gasteiger partial charge in [0.2, 0.25) is 0 Å². The van der Waals surface area contributed by atoms with Crippen molar-refractivity contribution in [1.29, 1.82) is 0 Å². The standard InChI is InChI=1S/C26H27NS/c1-18-10-9-15-24(19(18)2)27-25-16-23(21-13-7-4-8-14-21)26(28)17-22(25)20-11-5-3-6-12-20/h3-8,11-19,27-28H,9-10H2,1-2H3. The Morgan fingerprint density at radius 3 is 2.07 bits per heavy atom. The Balaban J connectivity index is 1.82. The van der Waals surface area contributed by atoms with E-state index in [1.54, 1.807) is 0 Å². The van der Waals surface area contributed by atoms with Crippen LogP contribution >= 0.6 is 12.6 Å². The lowest BCUT2D eigenvalue weighted by Crippen LogP contribution is -2.20. The van der Waals surface area contributed by atoms with Gasteiger partial charge in [-0.25, -0.2) is 0 Å². The van der Waals surface area contributed by atoms with Crippen LogP contribution < -0.4 is 5.32 Å². The Morgan fingerprint density at radius 1 is 0.821 bits per heavy atom. The Morgan fingerprint density at radius 2 is 1.43 bits per heavy atom. The molecule has 1 aliphatic carbocycles. The molecule has 2 atom stereocenters. The first-order valence-corrected chi connectivity index (χ1v) is 10.5. The topological polar surface area (TPSA) is 12.0 Å². The summed E-state index contributed by atoms with van der Waals surface area (Å²) in [5.41, 5.74) is 7.22. The normalized spacial score (nSPS) is 19.2. The lowest BCUT2D eigenvalue weighted by Gasteiger charge is -2.29.